The fraction of sp³-hybridized carbons (Fsp3) is 0.143. The van der Waals surface area contributed by atoms with Crippen LogP contribution in [-0.2, 0) is 19.2 Å². The van der Waals surface area contributed by atoms with Crippen molar-refractivity contribution in [3.63, 3.8) is 0 Å². The summed E-state index contributed by atoms with van der Waals surface area (Å²) >= 11 is 43.0. The van der Waals surface area contributed by atoms with E-state index in [0.29, 0.717) is 0 Å². The minimum Gasteiger partial charge on any atom is -0.490 e. The molecule has 0 saturated heterocycles. The van der Waals surface area contributed by atoms with Crippen LogP contribution in [0.15, 0.2) is 111 Å². The van der Waals surface area contributed by atoms with Crippen molar-refractivity contribution in [1.29, 1.82) is 0 Å². The Morgan fingerprint density at radius 3 is 1.47 bits per heavy atom. The molecule has 0 saturated carbocycles. The van der Waals surface area contributed by atoms with Gasteiger partial charge in [-0.2, -0.15) is 20.5 Å². The number of nitrogens with one attached hydrogen (secondary N) is 4. The molecule has 5 rings (SSSR count). The fourth-order valence-electron chi connectivity index (χ4n) is 5.31. The third-order valence-electron chi connectivity index (χ3n) is 8.49. The van der Waals surface area contributed by atoms with Crippen LogP contribution in [0.25, 0.3) is 0 Å². The van der Waals surface area contributed by atoms with E-state index in [-0.39, 0.29) is 93.6 Å². The van der Waals surface area contributed by atoms with Gasteiger partial charge in [0.25, 0.3) is 23.6 Å². The lowest BCUT2D eigenvalue weighted by atomic mass is 10.1. The van der Waals surface area contributed by atoms with Crippen molar-refractivity contribution in [1.82, 2.24) is 0 Å². The van der Waals surface area contributed by atoms with Gasteiger partial charge in [0.05, 0.1) is 53.1 Å². The van der Waals surface area contributed by atoms with Crippen LogP contribution >= 0.6 is 81.2 Å². The molecule has 15 nitrogen and oxygen atoms in total. The van der Waals surface area contributed by atoms with E-state index in [1.165, 1.54) is 54.6 Å². The van der Waals surface area contributed by atoms with Gasteiger partial charge in [-0.25, -0.2) is 0 Å². The lowest BCUT2D eigenvalue weighted by Gasteiger charge is -2.16. The number of hydrogen-bond acceptors (Lipinski definition) is 11. The molecule has 0 heterocycles. The number of carbonyl (C=O) groups is 6. The van der Waals surface area contributed by atoms with Gasteiger partial charge in [-0.1, -0.05) is 81.7 Å². The minimum atomic E-state index is -1.69. The van der Waals surface area contributed by atoms with E-state index >= 15 is 0 Å². The third-order valence-corrected chi connectivity index (χ3v) is 10.9. The predicted octanol–water partition coefficient (Wildman–Crippen LogP) is 12.1. The summed E-state index contributed by atoms with van der Waals surface area (Å²) < 4.78 is 5.72. The van der Waals surface area contributed by atoms with E-state index in [1.54, 1.807) is 36.4 Å². The number of ether oxygens (including phenoxy) is 1. The zero-order chi connectivity index (χ0) is 46.7. The second-order valence-electron chi connectivity index (χ2n) is 13.1. The number of azo groups is 2. The average Bonchev–Trinajstić information content (AvgIpc) is 3.25. The Morgan fingerprint density at radius 2 is 1.02 bits per heavy atom. The van der Waals surface area contributed by atoms with Crippen LogP contribution in [0.5, 0.6) is 5.75 Å². The van der Waals surface area contributed by atoms with Crippen LogP contribution in [0, 0.1) is 0 Å². The number of alkyl halides is 1. The first kappa shape index (κ1) is 49.4. The van der Waals surface area contributed by atoms with Crippen LogP contribution < -0.4 is 26.0 Å². The largest absolute Gasteiger partial charge is 0.490 e. The van der Waals surface area contributed by atoms with Gasteiger partial charge in [0.2, 0.25) is 12.1 Å². The molecule has 0 aliphatic heterocycles. The molecular weight excluding hydrogens is 977 g/mol. The molecule has 2 atom stereocenters. The zero-order valence-electron chi connectivity index (χ0n) is 33.0. The van der Waals surface area contributed by atoms with Crippen LogP contribution in [-0.4, -0.2) is 59.8 Å². The maximum Gasteiger partial charge on any atom is 0.258 e. The minimum absolute atomic E-state index is 0.00884. The highest BCUT2D eigenvalue weighted by Crippen LogP contribution is 2.34. The van der Waals surface area contributed by atoms with Gasteiger partial charge in [0, 0.05) is 22.9 Å². The Kier molecular flexibility index (Phi) is 17.6. The van der Waals surface area contributed by atoms with Gasteiger partial charge >= 0.3 is 0 Å². The normalized spacial score (nSPS) is 12.1. The molecular formula is C42H31Cl7N8O7. The molecule has 0 radical (unpaired) electrons. The van der Waals surface area contributed by atoms with Crippen molar-refractivity contribution in [2.24, 2.45) is 20.5 Å². The molecule has 5 aromatic rings. The van der Waals surface area contributed by atoms with Crippen LogP contribution in [0.4, 0.5) is 34.1 Å². The van der Waals surface area contributed by atoms with E-state index in [0.717, 1.165) is 13.8 Å². The Balaban J connectivity index is 1.30. The van der Waals surface area contributed by atoms with E-state index in [1.807, 2.05) is 0 Å². The van der Waals surface area contributed by atoms with Gasteiger partial charge in [0.1, 0.15) is 23.7 Å². The predicted molar refractivity (Wildman–Crippen MR) is 250 cm³/mol. The first-order chi connectivity index (χ1) is 30.5. The summed E-state index contributed by atoms with van der Waals surface area (Å²) in [6.07, 6.45) is 0. The van der Waals surface area contributed by atoms with Crippen LogP contribution in [0.2, 0.25) is 30.1 Å². The number of ketones is 2. The van der Waals surface area contributed by atoms with Crippen molar-refractivity contribution >= 4 is 151 Å². The molecule has 2 unspecified atom stereocenters. The summed E-state index contributed by atoms with van der Waals surface area (Å²) in [6, 6.07) is 18.3. The Morgan fingerprint density at radius 1 is 0.547 bits per heavy atom. The summed E-state index contributed by atoms with van der Waals surface area (Å²) in [5.41, 5.74) is 0.816. The van der Waals surface area contributed by atoms with Crippen molar-refractivity contribution in [3.8, 4) is 5.75 Å². The van der Waals surface area contributed by atoms with E-state index < -0.39 is 47.3 Å². The molecule has 0 aromatic heterocycles. The van der Waals surface area contributed by atoms with Gasteiger partial charge in [-0.3, -0.25) is 28.8 Å². The summed E-state index contributed by atoms with van der Waals surface area (Å²) in [5.74, 6) is -4.33. The number of amides is 4. The van der Waals surface area contributed by atoms with Gasteiger partial charge in [-0.15, -0.1) is 11.6 Å². The van der Waals surface area contributed by atoms with Gasteiger partial charge in [-0.05, 0) is 86.6 Å². The van der Waals surface area contributed by atoms with Gasteiger partial charge in [0.15, 0.2) is 11.6 Å². The molecule has 0 aliphatic carbocycles. The monoisotopic (exact) mass is 1000 g/mol. The molecule has 0 bridgehead atoms. The van der Waals surface area contributed by atoms with Crippen molar-refractivity contribution in [2.75, 3.05) is 33.8 Å². The Labute approximate surface area is 399 Å². The summed E-state index contributed by atoms with van der Waals surface area (Å²) in [4.78, 5) is 78.1. The van der Waals surface area contributed by atoms with E-state index in [9.17, 15) is 28.8 Å². The molecule has 4 amide bonds. The number of carbonyl (C=O) groups excluding carboxylic acids is 6. The molecule has 0 aliphatic rings. The number of nitrogens with zero attached hydrogens (tertiary/aromatic N) is 4. The highest BCUT2D eigenvalue weighted by atomic mass is 35.5. The zero-order valence-corrected chi connectivity index (χ0v) is 38.3. The number of benzene rings is 5. The summed E-state index contributed by atoms with van der Waals surface area (Å²) in [7, 11) is 0. The average molecular weight is 1010 g/mol. The van der Waals surface area contributed by atoms with Crippen molar-refractivity contribution in [3.05, 3.63) is 132 Å². The topological polar surface area (TPSA) is 209 Å². The highest BCUT2D eigenvalue weighted by Gasteiger charge is 2.27. The Hall–Kier alpha value is -5.65. The van der Waals surface area contributed by atoms with Crippen LogP contribution in [0.3, 0.4) is 0 Å². The molecule has 22 heteroatoms. The van der Waals surface area contributed by atoms with Crippen molar-refractivity contribution in [2.45, 2.75) is 25.9 Å². The fourth-order valence-corrected chi connectivity index (χ4v) is 6.39. The lowest BCUT2D eigenvalue weighted by molar-refractivity contribution is -0.127. The van der Waals surface area contributed by atoms with Crippen LogP contribution in [0.1, 0.15) is 34.6 Å². The smallest absolute Gasteiger partial charge is 0.258 e. The standard InChI is InChI=1S/C42H31Cl7N8O7/c1-20(58)37(56-54-32-17-22(9-12-25(32)44)39(60)52-30-7-3-5-27(46)35(30)48)41(62)50-24-11-14-29(34(19-24)64-16-15-43)51-42(63)38(21(2)59)57-55-33-18-23(10-13-26(33)45)40(61)53-31-8-4-6-28(47)36(31)49/h3-14,17-19,37-38H,15-16H2,1-2H3,(H,50,62)(H,51,63)(H,52,60)(H,53,61). The first-order valence-corrected chi connectivity index (χ1v) is 21.1. The summed E-state index contributed by atoms with van der Waals surface area (Å²) in [6.45, 7) is 2.20. The molecule has 64 heavy (non-hydrogen) atoms. The molecule has 330 valence electrons. The number of anilines is 4. The van der Waals surface area contributed by atoms with Gasteiger partial charge < -0.3 is 26.0 Å². The maximum absolute atomic E-state index is 13.5. The molecule has 4 N–H and O–H groups in total. The number of halogens is 7. The molecule has 0 fully saturated rings. The highest BCUT2D eigenvalue weighted by molar-refractivity contribution is 6.44. The summed E-state index contributed by atoms with van der Waals surface area (Å²) in [5, 5.41) is 27.1. The maximum atomic E-state index is 13.5. The number of hydrogen-bond donors (Lipinski definition) is 4. The lowest BCUT2D eigenvalue weighted by Crippen LogP contribution is -2.32. The second kappa shape index (κ2) is 22.8. The SMILES string of the molecule is CC(=O)C(N=Nc1cc(C(=O)Nc2cccc(Cl)c2Cl)ccc1Cl)C(=O)Nc1ccc(NC(=O)C(N=Nc2cc(C(=O)Nc3cccc(Cl)c3Cl)ccc2Cl)C(C)=O)c(OCCCl)c1. The number of rotatable bonds is 17. The van der Waals surface area contributed by atoms with E-state index in [2.05, 4.69) is 41.7 Å². The molecule has 0 spiro atoms. The first-order valence-electron chi connectivity index (χ1n) is 18.3. The second-order valence-corrected chi connectivity index (χ2v) is 15.9. The third kappa shape index (κ3) is 13.0. The Bertz CT molecular complexity index is 2720. The van der Waals surface area contributed by atoms with E-state index in [4.69, 9.17) is 85.9 Å². The quantitative estimate of drug-likeness (QED) is 0.0402. The number of Topliss-reactive ketones (excluding diaryl/α,β-unsaturated/α-hetero) is 2. The molecule has 5 aromatic carbocycles. The van der Waals surface area contributed by atoms with Crippen molar-refractivity contribution < 1.29 is 33.5 Å².